The molecular weight excluding hydrogens is 212 g/mol. The second kappa shape index (κ2) is 3.98. The summed E-state index contributed by atoms with van der Waals surface area (Å²) in [5.41, 5.74) is 9.25. The summed E-state index contributed by atoms with van der Waals surface area (Å²) in [5, 5.41) is 0. The number of aryl methyl sites for hydroxylation is 1. The second-order valence-electron chi connectivity index (χ2n) is 5.57. The van der Waals surface area contributed by atoms with Gasteiger partial charge in [-0.3, -0.25) is 4.79 Å². The van der Waals surface area contributed by atoms with Gasteiger partial charge in [0.15, 0.2) is 0 Å². The Labute approximate surface area is 101 Å². The number of rotatable bonds is 1. The van der Waals surface area contributed by atoms with E-state index in [1.165, 1.54) is 49.8 Å². The number of H-pyrrole nitrogens is 1. The van der Waals surface area contributed by atoms with E-state index in [4.69, 9.17) is 5.73 Å². The van der Waals surface area contributed by atoms with Gasteiger partial charge in [0.25, 0.3) is 5.56 Å². The molecule has 0 bridgehead atoms. The molecule has 0 aromatic carbocycles. The van der Waals surface area contributed by atoms with Crippen molar-refractivity contribution in [3.8, 4) is 0 Å². The fraction of sp³-hybridized carbons (Fsp3) is 0.643. The van der Waals surface area contributed by atoms with Gasteiger partial charge in [0.2, 0.25) is 0 Å². The summed E-state index contributed by atoms with van der Waals surface area (Å²) in [6.07, 6.45) is 8.71. The van der Waals surface area contributed by atoms with Crippen LogP contribution in [0.2, 0.25) is 0 Å². The van der Waals surface area contributed by atoms with E-state index in [-0.39, 0.29) is 5.56 Å². The molecule has 1 saturated carbocycles. The Kier molecular flexibility index (Phi) is 2.58. The molecule has 1 heterocycles. The van der Waals surface area contributed by atoms with Gasteiger partial charge in [-0.15, -0.1) is 0 Å². The number of aromatic nitrogens is 1. The maximum absolute atomic E-state index is 11.9. The molecule has 1 fully saturated rings. The largest absolute Gasteiger partial charge is 0.326 e. The van der Waals surface area contributed by atoms with Gasteiger partial charge in [0, 0.05) is 23.2 Å². The van der Waals surface area contributed by atoms with Gasteiger partial charge in [-0.1, -0.05) is 12.8 Å². The van der Waals surface area contributed by atoms with Gasteiger partial charge in [0.05, 0.1) is 0 Å². The first-order valence-electron chi connectivity index (χ1n) is 6.71. The highest BCUT2D eigenvalue weighted by Crippen LogP contribution is 2.47. The van der Waals surface area contributed by atoms with Crippen LogP contribution >= 0.6 is 0 Å². The van der Waals surface area contributed by atoms with Gasteiger partial charge in [-0.25, -0.2) is 0 Å². The number of fused-ring (bicyclic) bond motifs is 2. The van der Waals surface area contributed by atoms with Crippen LogP contribution in [0.1, 0.15) is 55.3 Å². The van der Waals surface area contributed by atoms with Gasteiger partial charge in [0.1, 0.15) is 0 Å². The van der Waals surface area contributed by atoms with E-state index in [2.05, 4.69) is 4.98 Å². The molecule has 92 valence electrons. The topological polar surface area (TPSA) is 58.9 Å². The number of aromatic amines is 1. The average Bonchev–Trinajstić information content (AvgIpc) is 2.79. The number of pyridine rings is 1. The lowest BCUT2D eigenvalue weighted by Gasteiger charge is -2.35. The minimum atomic E-state index is 0.0272. The SMILES string of the molecule is NCc1cc2c([nH]c1=O)C1(CCCC1)CCC2. The summed E-state index contributed by atoms with van der Waals surface area (Å²) in [6, 6.07) is 2.05. The van der Waals surface area contributed by atoms with Crippen molar-refractivity contribution in [3.63, 3.8) is 0 Å². The van der Waals surface area contributed by atoms with Crippen molar-refractivity contribution in [2.45, 2.75) is 56.9 Å². The highest BCUT2D eigenvalue weighted by atomic mass is 16.1. The fourth-order valence-electron chi connectivity index (χ4n) is 3.74. The smallest absolute Gasteiger partial charge is 0.252 e. The average molecular weight is 232 g/mol. The lowest BCUT2D eigenvalue weighted by atomic mass is 9.71. The van der Waals surface area contributed by atoms with E-state index in [9.17, 15) is 4.79 Å². The van der Waals surface area contributed by atoms with Crippen LogP contribution in [0.5, 0.6) is 0 Å². The van der Waals surface area contributed by atoms with Gasteiger partial charge < -0.3 is 10.7 Å². The molecule has 0 saturated heterocycles. The van der Waals surface area contributed by atoms with E-state index in [0.29, 0.717) is 12.0 Å². The zero-order chi connectivity index (χ0) is 11.9. The Morgan fingerprint density at radius 3 is 2.65 bits per heavy atom. The van der Waals surface area contributed by atoms with Crippen LogP contribution in [0.4, 0.5) is 0 Å². The first kappa shape index (κ1) is 11.0. The molecule has 1 spiro atoms. The standard InChI is InChI=1S/C14H20N2O/c15-9-11-8-10-4-3-7-14(5-1-2-6-14)12(10)16-13(11)17/h8H,1-7,9,15H2,(H,16,17). The molecule has 0 radical (unpaired) electrons. The Morgan fingerprint density at radius 2 is 1.94 bits per heavy atom. The quantitative estimate of drug-likeness (QED) is 0.778. The van der Waals surface area contributed by atoms with E-state index < -0.39 is 0 Å². The molecule has 3 rings (SSSR count). The summed E-state index contributed by atoms with van der Waals surface area (Å²) >= 11 is 0. The molecule has 17 heavy (non-hydrogen) atoms. The molecule has 3 heteroatoms. The van der Waals surface area contributed by atoms with Crippen molar-refractivity contribution >= 4 is 0 Å². The van der Waals surface area contributed by atoms with Crippen molar-refractivity contribution in [1.29, 1.82) is 0 Å². The zero-order valence-corrected chi connectivity index (χ0v) is 10.2. The molecule has 0 aliphatic heterocycles. The van der Waals surface area contributed by atoms with Crippen LogP contribution in [0, 0.1) is 0 Å². The van der Waals surface area contributed by atoms with Gasteiger partial charge >= 0.3 is 0 Å². The monoisotopic (exact) mass is 232 g/mol. The maximum Gasteiger partial charge on any atom is 0.252 e. The second-order valence-corrected chi connectivity index (χ2v) is 5.57. The highest BCUT2D eigenvalue weighted by molar-refractivity contribution is 5.34. The first-order chi connectivity index (χ1) is 8.25. The molecular formula is C14H20N2O. The molecule has 2 aliphatic rings. The zero-order valence-electron chi connectivity index (χ0n) is 10.2. The Morgan fingerprint density at radius 1 is 1.24 bits per heavy atom. The predicted molar refractivity (Wildman–Crippen MR) is 68.0 cm³/mol. The summed E-state index contributed by atoms with van der Waals surface area (Å²) < 4.78 is 0. The minimum Gasteiger partial charge on any atom is -0.326 e. The molecule has 0 amide bonds. The van der Waals surface area contributed by atoms with Gasteiger partial charge in [-0.2, -0.15) is 0 Å². The lowest BCUT2D eigenvalue weighted by Crippen LogP contribution is -2.33. The summed E-state index contributed by atoms with van der Waals surface area (Å²) in [5.74, 6) is 0. The molecule has 3 nitrogen and oxygen atoms in total. The van der Waals surface area contributed by atoms with Crippen molar-refractivity contribution in [2.75, 3.05) is 0 Å². The van der Waals surface area contributed by atoms with Crippen LogP contribution < -0.4 is 11.3 Å². The van der Waals surface area contributed by atoms with E-state index in [0.717, 1.165) is 12.0 Å². The van der Waals surface area contributed by atoms with Crippen LogP contribution in [0.3, 0.4) is 0 Å². The van der Waals surface area contributed by atoms with Crippen LogP contribution in [0.25, 0.3) is 0 Å². The molecule has 0 unspecified atom stereocenters. The van der Waals surface area contributed by atoms with E-state index in [1.807, 2.05) is 6.07 Å². The van der Waals surface area contributed by atoms with E-state index in [1.54, 1.807) is 0 Å². The molecule has 1 aromatic heterocycles. The number of nitrogens with one attached hydrogen (secondary N) is 1. The Balaban J connectivity index is 2.14. The fourth-order valence-corrected chi connectivity index (χ4v) is 3.74. The third-order valence-corrected chi connectivity index (χ3v) is 4.61. The summed E-state index contributed by atoms with van der Waals surface area (Å²) in [7, 11) is 0. The number of hydrogen-bond donors (Lipinski definition) is 2. The predicted octanol–water partition coefficient (Wildman–Crippen LogP) is 1.98. The number of nitrogens with two attached hydrogens (primary N) is 1. The molecule has 1 aromatic rings. The minimum absolute atomic E-state index is 0.0272. The third-order valence-electron chi connectivity index (χ3n) is 4.61. The van der Waals surface area contributed by atoms with Crippen molar-refractivity contribution in [2.24, 2.45) is 5.73 Å². The van der Waals surface area contributed by atoms with Crippen LogP contribution in [-0.4, -0.2) is 4.98 Å². The van der Waals surface area contributed by atoms with Crippen molar-refractivity contribution in [1.82, 2.24) is 4.98 Å². The van der Waals surface area contributed by atoms with Crippen molar-refractivity contribution in [3.05, 3.63) is 33.2 Å². The number of hydrogen-bond acceptors (Lipinski definition) is 2. The Bertz CT molecular complexity index is 483. The summed E-state index contributed by atoms with van der Waals surface area (Å²) in [4.78, 5) is 15.1. The first-order valence-corrected chi connectivity index (χ1v) is 6.71. The van der Waals surface area contributed by atoms with Crippen LogP contribution in [0.15, 0.2) is 10.9 Å². The van der Waals surface area contributed by atoms with Gasteiger partial charge in [-0.05, 0) is 43.7 Å². The Hall–Kier alpha value is -1.09. The third kappa shape index (κ3) is 1.64. The lowest BCUT2D eigenvalue weighted by molar-refractivity contribution is 0.356. The normalized spacial score (nSPS) is 21.7. The summed E-state index contributed by atoms with van der Waals surface area (Å²) in [6.45, 7) is 0.343. The van der Waals surface area contributed by atoms with E-state index >= 15 is 0 Å². The van der Waals surface area contributed by atoms with Crippen LogP contribution in [-0.2, 0) is 18.4 Å². The van der Waals surface area contributed by atoms with Crippen molar-refractivity contribution < 1.29 is 0 Å². The maximum atomic E-state index is 11.9. The molecule has 3 N–H and O–H groups in total. The molecule has 2 aliphatic carbocycles. The highest BCUT2D eigenvalue weighted by Gasteiger charge is 2.39. The molecule has 0 atom stereocenters.